The number of nitrogens with one attached hydrogen (secondary N) is 1. The fourth-order valence-electron chi connectivity index (χ4n) is 3.20. The van der Waals surface area contributed by atoms with E-state index >= 15 is 0 Å². The van der Waals surface area contributed by atoms with Crippen molar-refractivity contribution < 1.29 is 9.59 Å². The lowest BCUT2D eigenvalue weighted by atomic mass is 10.1. The topological polar surface area (TPSA) is 91.6 Å². The van der Waals surface area contributed by atoms with Gasteiger partial charge in [-0.15, -0.1) is 0 Å². The molecule has 0 unspecified atom stereocenters. The molecule has 0 radical (unpaired) electrons. The van der Waals surface area contributed by atoms with Crippen molar-refractivity contribution in [1.29, 1.82) is 0 Å². The normalized spacial score (nSPS) is 13.9. The van der Waals surface area contributed by atoms with Crippen LogP contribution in [0.2, 0.25) is 0 Å². The number of anilines is 3. The number of amides is 2. The van der Waals surface area contributed by atoms with E-state index in [1.54, 1.807) is 30.5 Å². The molecule has 3 rings (SSSR count). The molecule has 1 fully saturated rings. The molecule has 0 aliphatic carbocycles. The quantitative estimate of drug-likeness (QED) is 0.847. The van der Waals surface area contributed by atoms with E-state index in [4.69, 9.17) is 5.73 Å². The Hall–Kier alpha value is -3.09. The Morgan fingerprint density at radius 3 is 2.48 bits per heavy atom. The number of nitrogens with zero attached hydrogens (tertiary/aromatic N) is 3. The molecule has 2 heterocycles. The molecule has 3 N–H and O–H groups in total. The van der Waals surface area contributed by atoms with Gasteiger partial charge < -0.3 is 20.9 Å². The second-order valence-electron chi connectivity index (χ2n) is 6.90. The van der Waals surface area contributed by atoms with E-state index in [0.717, 1.165) is 31.6 Å². The van der Waals surface area contributed by atoms with Gasteiger partial charge in [0.2, 0.25) is 5.91 Å². The van der Waals surface area contributed by atoms with Crippen molar-refractivity contribution in [2.45, 2.75) is 19.3 Å². The summed E-state index contributed by atoms with van der Waals surface area (Å²) in [6, 6.07) is 8.62. The second kappa shape index (κ2) is 8.07. The third kappa shape index (κ3) is 4.36. The average Bonchev–Trinajstić information content (AvgIpc) is 2.68. The first-order valence-electron chi connectivity index (χ1n) is 9.09. The Balaban J connectivity index is 1.91. The smallest absolute Gasteiger partial charge is 0.255 e. The first-order valence-corrected chi connectivity index (χ1v) is 9.09. The molecular weight excluding hydrogens is 342 g/mol. The zero-order valence-corrected chi connectivity index (χ0v) is 15.7. The molecule has 0 spiro atoms. The number of hydrogen-bond acceptors (Lipinski definition) is 5. The second-order valence-corrected chi connectivity index (χ2v) is 6.90. The number of pyridine rings is 1. The van der Waals surface area contributed by atoms with Crippen LogP contribution in [-0.2, 0) is 0 Å². The summed E-state index contributed by atoms with van der Waals surface area (Å²) < 4.78 is 0. The molecule has 27 heavy (non-hydrogen) atoms. The number of piperidine rings is 1. The van der Waals surface area contributed by atoms with Gasteiger partial charge in [0.15, 0.2) is 0 Å². The van der Waals surface area contributed by atoms with Crippen LogP contribution in [0.4, 0.5) is 17.2 Å². The Morgan fingerprint density at radius 1 is 1.07 bits per heavy atom. The Bertz CT molecular complexity index is 844. The first-order chi connectivity index (χ1) is 13.0. The van der Waals surface area contributed by atoms with Crippen molar-refractivity contribution in [3.63, 3.8) is 0 Å². The zero-order valence-electron chi connectivity index (χ0n) is 15.7. The van der Waals surface area contributed by atoms with Crippen LogP contribution in [-0.4, -0.2) is 44.0 Å². The van der Waals surface area contributed by atoms with Crippen molar-refractivity contribution in [2.75, 3.05) is 42.3 Å². The molecule has 2 amide bonds. The summed E-state index contributed by atoms with van der Waals surface area (Å²) in [7, 11) is 3.74. The molecule has 1 aliphatic rings. The van der Waals surface area contributed by atoms with E-state index in [1.807, 2.05) is 25.1 Å². The Kier molecular flexibility index (Phi) is 5.59. The van der Waals surface area contributed by atoms with Crippen LogP contribution >= 0.6 is 0 Å². The summed E-state index contributed by atoms with van der Waals surface area (Å²) in [5, 5.41) is 2.95. The lowest BCUT2D eigenvalue weighted by Crippen LogP contribution is -2.30. The van der Waals surface area contributed by atoms with Crippen molar-refractivity contribution in [2.24, 2.45) is 5.73 Å². The van der Waals surface area contributed by atoms with Gasteiger partial charge in [-0.05, 0) is 49.6 Å². The number of primary amides is 1. The highest BCUT2D eigenvalue weighted by atomic mass is 16.2. The molecule has 1 aromatic carbocycles. The Morgan fingerprint density at radius 2 is 1.81 bits per heavy atom. The number of carbonyl (C=O) groups is 2. The SMILES string of the molecule is CN(C)c1cc(C(=O)Nc2cc(C(N)=O)ccc2N2CCCCC2)ccn1. The molecule has 1 aliphatic heterocycles. The molecule has 0 atom stereocenters. The van der Waals surface area contributed by atoms with E-state index in [1.165, 1.54) is 6.42 Å². The molecule has 0 bridgehead atoms. The van der Waals surface area contributed by atoms with E-state index in [0.29, 0.717) is 22.6 Å². The summed E-state index contributed by atoms with van der Waals surface area (Å²) in [5.41, 5.74) is 7.81. The van der Waals surface area contributed by atoms with Crippen LogP contribution < -0.4 is 20.9 Å². The number of aromatic nitrogens is 1. The third-order valence-electron chi connectivity index (χ3n) is 4.69. The summed E-state index contributed by atoms with van der Waals surface area (Å²) in [5.74, 6) is -0.0698. The molecule has 0 saturated carbocycles. The van der Waals surface area contributed by atoms with Crippen LogP contribution in [0.25, 0.3) is 0 Å². The standard InChI is InChI=1S/C20H25N5O2/c1-24(2)18-13-15(8-9-22-18)20(27)23-16-12-14(19(21)26)6-7-17(16)25-10-4-3-5-11-25/h6-9,12-13H,3-5,10-11H2,1-2H3,(H2,21,26)(H,23,27). The van der Waals surface area contributed by atoms with E-state index in [9.17, 15) is 9.59 Å². The molecule has 7 heteroatoms. The molecule has 1 saturated heterocycles. The van der Waals surface area contributed by atoms with Crippen LogP contribution in [0.1, 0.15) is 40.0 Å². The zero-order chi connectivity index (χ0) is 19.4. The molecule has 7 nitrogen and oxygen atoms in total. The van der Waals surface area contributed by atoms with Gasteiger partial charge in [0, 0.05) is 44.5 Å². The van der Waals surface area contributed by atoms with Gasteiger partial charge in [0.1, 0.15) is 5.82 Å². The summed E-state index contributed by atoms with van der Waals surface area (Å²) in [4.78, 5) is 32.7. The number of nitrogens with two attached hydrogens (primary N) is 1. The fourth-order valence-corrected chi connectivity index (χ4v) is 3.20. The molecule has 1 aromatic heterocycles. The maximum absolute atomic E-state index is 12.8. The summed E-state index contributed by atoms with van der Waals surface area (Å²) >= 11 is 0. The number of benzene rings is 1. The van der Waals surface area contributed by atoms with Crippen molar-refractivity contribution in [1.82, 2.24) is 4.98 Å². The van der Waals surface area contributed by atoms with Gasteiger partial charge in [-0.2, -0.15) is 0 Å². The highest BCUT2D eigenvalue weighted by molar-refractivity contribution is 6.07. The van der Waals surface area contributed by atoms with Crippen molar-refractivity contribution in [3.05, 3.63) is 47.7 Å². The molecular formula is C20H25N5O2. The van der Waals surface area contributed by atoms with Crippen LogP contribution in [0.15, 0.2) is 36.5 Å². The highest BCUT2D eigenvalue weighted by Gasteiger charge is 2.18. The van der Waals surface area contributed by atoms with Crippen molar-refractivity contribution >= 4 is 29.0 Å². The number of rotatable bonds is 5. The maximum Gasteiger partial charge on any atom is 0.255 e. The molecule has 2 aromatic rings. The van der Waals surface area contributed by atoms with E-state index in [2.05, 4.69) is 15.2 Å². The lowest BCUT2D eigenvalue weighted by molar-refractivity contribution is 0.0996. The van der Waals surface area contributed by atoms with Gasteiger partial charge in [0.05, 0.1) is 11.4 Å². The van der Waals surface area contributed by atoms with Crippen LogP contribution in [0, 0.1) is 0 Å². The van der Waals surface area contributed by atoms with Gasteiger partial charge in [-0.3, -0.25) is 9.59 Å². The minimum absolute atomic E-state index is 0.250. The van der Waals surface area contributed by atoms with E-state index in [-0.39, 0.29) is 5.91 Å². The number of carbonyl (C=O) groups excluding carboxylic acids is 2. The van der Waals surface area contributed by atoms with Crippen molar-refractivity contribution in [3.8, 4) is 0 Å². The van der Waals surface area contributed by atoms with Gasteiger partial charge in [-0.25, -0.2) is 4.98 Å². The van der Waals surface area contributed by atoms with Gasteiger partial charge in [0.25, 0.3) is 5.91 Å². The maximum atomic E-state index is 12.8. The summed E-state index contributed by atoms with van der Waals surface area (Å²) in [6.07, 6.45) is 5.04. The van der Waals surface area contributed by atoms with Gasteiger partial charge >= 0.3 is 0 Å². The highest BCUT2D eigenvalue weighted by Crippen LogP contribution is 2.30. The predicted molar refractivity (Wildman–Crippen MR) is 108 cm³/mol. The monoisotopic (exact) mass is 367 g/mol. The molecule has 142 valence electrons. The largest absolute Gasteiger partial charge is 0.370 e. The fraction of sp³-hybridized carbons (Fsp3) is 0.350. The predicted octanol–water partition coefficient (Wildman–Crippen LogP) is 2.49. The summed E-state index contributed by atoms with van der Waals surface area (Å²) in [6.45, 7) is 1.86. The lowest BCUT2D eigenvalue weighted by Gasteiger charge is -2.30. The van der Waals surface area contributed by atoms with E-state index < -0.39 is 5.91 Å². The van der Waals surface area contributed by atoms with Crippen LogP contribution in [0.3, 0.4) is 0 Å². The minimum Gasteiger partial charge on any atom is -0.370 e. The third-order valence-corrected chi connectivity index (χ3v) is 4.69. The van der Waals surface area contributed by atoms with Gasteiger partial charge in [-0.1, -0.05) is 0 Å². The number of hydrogen-bond donors (Lipinski definition) is 2. The average molecular weight is 367 g/mol. The first kappa shape index (κ1) is 18.7. The minimum atomic E-state index is -0.519. The Labute approximate surface area is 159 Å². The van der Waals surface area contributed by atoms with Crippen LogP contribution in [0.5, 0.6) is 0 Å².